The smallest absolute Gasteiger partial charge is 0.356 e. The Morgan fingerprint density at radius 1 is 1.53 bits per heavy atom. The Bertz CT molecular complexity index is 541. The highest BCUT2D eigenvalue weighted by Crippen LogP contribution is 2.16. The summed E-state index contributed by atoms with van der Waals surface area (Å²) in [5.41, 5.74) is 1.32. The van der Waals surface area contributed by atoms with Crippen molar-refractivity contribution in [2.24, 2.45) is 0 Å². The van der Waals surface area contributed by atoms with Crippen LogP contribution in [0.15, 0.2) is 18.3 Å². The van der Waals surface area contributed by atoms with Crippen molar-refractivity contribution >= 4 is 17.6 Å². The van der Waals surface area contributed by atoms with E-state index in [0.29, 0.717) is 18.0 Å². The number of nitrogens with one attached hydrogen (secondary N) is 1. The third-order valence-electron chi connectivity index (χ3n) is 1.96. The summed E-state index contributed by atoms with van der Waals surface area (Å²) in [7, 11) is 0. The van der Waals surface area contributed by atoms with Gasteiger partial charge in [0.15, 0.2) is 0 Å². The molecule has 0 bridgehead atoms. The molecule has 0 amide bonds. The predicted molar refractivity (Wildman–Crippen MR) is 60.6 cm³/mol. The van der Waals surface area contributed by atoms with Crippen LogP contribution in [0.4, 0.5) is 0 Å². The van der Waals surface area contributed by atoms with Gasteiger partial charge >= 0.3 is 5.97 Å². The van der Waals surface area contributed by atoms with Crippen LogP contribution in [-0.2, 0) is 4.74 Å². The molecule has 0 atom stereocenters. The minimum absolute atomic E-state index is 0.128. The molecule has 0 spiro atoms. The maximum Gasteiger partial charge on any atom is 0.356 e. The molecule has 0 aliphatic heterocycles. The lowest BCUT2D eigenvalue weighted by atomic mass is 10.3. The minimum Gasteiger partial charge on any atom is -0.461 e. The molecule has 0 fully saturated rings. The Hall–Kier alpha value is -1.95. The summed E-state index contributed by atoms with van der Waals surface area (Å²) in [4.78, 5) is 19.1. The fourth-order valence-corrected chi connectivity index (χ4v) is 1.39. The number of nitrogens with zero attached hydrogens (tertiary/aromatic N) is 3. The zero-order valence-corrected chi connectivity index (χ0v) is 9.73. The number of aromatic amines is 1. The first-order chi connectivity index (χ1) is 8.20. The Labute approximate surface area is 102 Å². The standard InChI is InChI=1S/C10H9ClN4O2/c1-2-17-9(16)8-5-7(14-15-8)6-3-4-12-10(11)13-6/h3-5H,2H2,1H3,(H,14,15). The van der Waals surface area contributed by atoms with Gasteiger partial charge in [0.05, 0.1) is 12.3 Å². The molecule has 0 saturated heterocycles. The molecule has 2 rings (SSSR count). The second-order valence-electron chi connectivity index (χ2n) is 3.10. The highest BCUT2D eigenvalue weighted by atomic mass is 35.5. The summed E-state index contributed by atoms with van der Waals surface area (Å²) < 4.78 is 4.83. The molecule has 2 heterocycles. The van der Waals surface area contributed by atoms with Gasteiger partial charge in [-0.25, -0.2) is 14.8 Å². The van der Waals surface area contributed by atoms with E-state index in [4.69, 9.17) is 16.3 Å². The minimum atomic E-state index is -0.452. The fourth-order valence-electron chi connectivity index (χ4n) is 1.24. The van der Waals surface area contributed by atoms with Crippen molar-refractivity contribution in [1.29, 1.82) is 0 Å². The molecule has 2 aromatic heterocycles. The van der Waals surface area contributed by atoms with Gasteiger partial charge in [0.1, 0.15) is 11.4 Å². The third kappa shape index (κ3) is 2.59. The van der Waals surface area contributed by atoms with Crippen LogP contribution in [0.3, 0.4) is 0 Å². The van der Waals surface area contributed by atoms with Gasteiger partial charge in [-0.15, -0.1) is 0 Å². The van der Waals surface area contributed by atoms with Crippen molar-refractivity contribution in [3.63, 3.8) is 0 Å². The number of aromatic nitrogens is 4. The van der Waals surface area contributed by atoms with E-state index < -0.39 is 5.97 Å². The Balaban J connectivity index is 2.27. The van der Waals surface area contributed by atoms with Gasteiger partial charge in [0.25, 0.3) is 0 Å². The van der Waals surface area contributed by atoms with Crippen molar-refractivity contribution in [3.05, 3.63) is 29.3 Å². The van der Waals surface area contributed by atoms with Gasteiger partial charge in [0, 0.05) is 12.3 Å². The van der Waals surface area contributed by atoms with Crippen LogP contribution in [0.25, 0.3) is 11.4 Å². The topological polar surface area (TPSA) is 80.8 Å². The average Bonchev–Trinajstić information content (AvgIpc) is 2.78. The summed E-state index contributed by atoms with van der Waals surface area (Å²) >= 11 is 5.66. The van der Waals surface area contributed by atoms with E-state index in [2.05, 4.69) is 20.2 Å². The number of esters is 1. The summed E-state index contributed by atoms with van der Waals surface area (Å²) in [6.07, 6.45) is 1.52. The largest absolute Gasteiger partial charge is 0.461 e. The first-order valence-electron chi connectivity index (χ1n) is 4.92. The first kappa shape index (κ1) is 11.5. The molecule has 2 aromatic rings. The highest BCUT2D eigenvalue weighted by Gasteiger charge is 2.12. The molecule has 0 aliphatic carbocycles. The van der Waals surface area contributed by atoms with E-state index >= 15 is 0 Å². The molecular formula is C10H9ClN4O2. The number of halogens is 1. The summed E-state index contributed by atoms with van der Waals surface area (Å²) in [6, 6.07) is 3.20. The van der Waals surface area contributed by atoms with E-state index in [1.165, 1.54) is 6.20 Å². The zero-order chi connectivity index (χ0) is 12.3. The molecule has 0 aromatic carbocycles. The second-order valence-corrected chi connectivity index (χ2v) is 3.44. The SMILES string of the molecule is CCOC(=O)c1cc(-c2ccnc(Cl)n2)n[nH]1. The Morgan fingerprint density at radius 3 is 3.06 bits per heavy atom. The number of hydrogen-bond donors (Lipinski definition) is 1. The van der Waals surface area contributed by atoms with Crippen LogP contribution in [0, 0.1) is 0 Å². The quantitative estimate of drug-likeness (QED) is 0.664. The molecule has 0 saturated carbocycles. The number of carbonyl (C=O) groups is 1. The van der Waals surface area contributed by atoms with Crippen molar-refractivity contribution in [1.82, 2.24) is 20.2 Å². The molecule has 0 aliphatic rings. The van der Waals surface area contributed by atoms with Crippen molar-refractivity contribution in [2.45, 2.75) is 6.92 Å². The van der Waals surface area contributed by atoms with Crippen LogP contribution in [0.1, 0.15) is 17.4 Å². The molecule has 0 unspecified atom stereocenters. The monoisotopic (exact) mass is 252 g/mol. The number of hydrogen-bond acceptors (Lipinski definition) is 5. The number of rotatable bonds is 3. The van der Waals surface area contributed by atoms with Crippen LogP contribution < -0.4 is 0 Å². The third-order valence-corrected chi connectivity index (χ3v) is 2.14. The summed E-state index contributed by atoms with van der Waals surface area (Å²) in [5.74, 6) is -0.452. The normalized spacial score (nSPS) is 10.2. The zero-order valence-electron chi connectivity index (χ0n) is 8.98. The predicted octanol–water partition coefficient (Wildman–Crippen LogP) is 1.70. The van der Waals surface area contributed by atoms with E-state index in [0.717, 1.165) is 0 Å². The maximum atomic E-state index is 11.4. The lowest BCUT2D eigenvalue weighted by Crippen LogP contribution is -2.04. The molecule has 88 valence electrons. The first-order valence-corrected chi connectivity index (χ1v) is 5.30. The van der Waals surface area contributed by atoms with Gasteiger partial charge in [-0.2, -0.15) is 5.10 Å². The molecule has 6 nitrogen and oxygen atoms in total. The fraction of sp³-hybridized carbons (Fsp3) is 0.200. The number of ether oxygens (including phenoxy) is 1. The van der Waals surface area contributed by atoms with Crippen LogP contribution in [-0.4, -0.2) is 32.7 Å². The molecule has 7 heteroatoms. The van der Waals surface area contributed by atoms with Crippen LogP contribution >= 0.6 is 11.6 Å². The highest BCUT2D eigenvalue weighted by molar-refractivity contribution is 6.28. The Morgan fingerprint density at radius 2 is 2.35 bits per heavy atom. The number of carbonyl (C=O) groups excluding carboxylic acids is 1. The van der Waals surface area contributed by atoms with Gasteiger partial charge in [0.2, 0.25) is 5.28 Å². The maximum absolute atomic E-state index is 11.4. The van der Waals surface area contributed by atoms with Gasteiger partial charge in [-0.05, 0) is 24.6 Å². The molecule has 0 radical (unpaired) electrons. The summed E-state index contributed by atoms with van der Waals surface area (Å²) in [6.45, 7) is 2.05. The van der Waals surface area contributed by atoms with E-state index in [9.17, 15) is 4.79 Å². The van der Waals surface area contributed by atoms with E-state index in [-0.39, 0.29) is 11.0 Å². The second kappa shape index (κ2) is 4.92. The number of H-pyrrole nitrogens is 1. The van der Waals surface area contributed by atoms with Gasteiger partial charge < -0.3 is 4.74 Å². The lowest BCUT2D eigenvalue weighted by molar-refractivity contribution is 0.0519. The van der Waals surface area contributed by atoms with E-state index in [1.54, 1.807) is 19.1 Å². The van der Waals surface area contributed by atoms with Crippen LogP contribution in [0.5, 0.6) is 0 Å². The van der Waals surface area contributed by atoms with E-state index in [1.807, 2.05) is 0 Å². The molecular weight excluding hydrogens is 244 g/mol. The average molecular weight is 253 g/mol. The van der Waals surface area contributed by atoms with Crippen molar-refractivity contribution in [3.8, 4) is 11.4 Å². The van der Waals surface area contributed by atoms with Gasteiger partial charge in [-0.3, -0.25) is 5.10 Å². The van der Waals surface area contributed by atoms with Crippen molar-refractivity contribution < 1.29 is 9.53 Å². The molecule has 1 N–H and O–H groups in total. The summed E-state index contributed by atoms with van der Waals surface area (Å²) in [5, 5.41) is 6.66. The van der Waals surface area contributed by atoms with Crippen LogP contribution in [0.2, 0.25) is 5.28 Å². The molecule has 17 heavy (non-hydrogen) atoms. The van der Waals surface area contributed by atoms with Gasteiger partial charge in [-0.1, -0.05) is 0 Å². The Kier molecular flexibility index (Phi) is 3.34. The lowest BCUT2D eigenvalue weighted by Gasteiger charge is -1.96. The van der Waals surface area contributed by atoms with Crippen molar-refractivity contribution in [2.75, 3.05) is 6.61 Å².